The smallest absolute Gasteiger partial charge is 0.391 e. The molecule has 0 radical (unpaired) electrons. The zero-order valence-corrected chi connectivity index (χ0v) is 9.10. The summed E-state index contributed by atoms with van der Waals surface area (Å²) in [5, 5.41) is 13.5. The van der Waals surface area contributed by atoms with Gasteiger partial charge >= 0.3 is 6.18 Å². The Morgan fingerprint density at radius 3 is 2.56 bits per heavy atom. The van der Waals surface area contributed by atoms with E-state index >= 15 is 0 Å². The van der Waals surface area contributed by atoms with Crippen LogP contribution >= 0.6 is 0 Å². The van der Waals surface area contributed by atoms with E-state index in [-0.39, 0.29) is 6.54 Å². The number of rotatable bonds is 7. The topological polar surface area (TPSA) is 61.4 Å². The highest BCUT2D eigenvalue weighted by Crippen LogP contribution is 2.11. The molecule has 1 amide bonds. The number of aliphatic hydroxyl groups is 1. The maximum Gasteiger partial charge on any atom is 0.401 e. The van der Waals surface area contributed by atoms with Gasteiger partial charge in [0.25, 0.3) is 0 Å². The van der Waals surface area contributed by atoms with Crippen molar-refractivity contribution in [3.8, 4) is 0 Å². The predicted molar refractivity (Wildman–Crippen MR) is 52.8 cm³/mol. The van der Waals surface area contributed by atoms with E-state index in [0.717, 1.165) is 6.42 Å². The Morgan fingerprint density at radius 1 is 1.44 bits per heavy atom. The molecule has 1 unspecified atom stereocenters. The summed E-state index contributed by atoms with van der Waals surface area (Å²) in [7, 11) is 0. The van der Waals surface area contributed by atoms with Crippen LogP contribution in [0.25, 0.3) is 0 Å². The summed E-state index contributed by atoms with van der Waals surface area (Å²) in [4.78, 5) is 11.0. The second-order valence-electron chi connectivity index (χ2n) is 3.47. The highest BCUT2D eigenvalue weighted by Gasteiger charge is 2.26. The summed E-state index contributed by atoms with van der Waals surface area (Å²) in [6.45, 7) is 0.354. The quantitative estimate of drug-likeness (QED) is 0.606. The van der Waals surface area contributed by atoms with Crippen LogP contribution in [0.1, 0.15) is 19.8 Å². The van der Waals surface area contributed by atoms with Gasteiger partial charge in [0.2, 0.25) is 5.91 Å². The van der Waals surface area contributed by atoms with Gasteiger partial charge in [-0.3, -0.25) is 4.79 Å². The molecular weight excluding hydrogens is 225 g/mol. The molecule has 0 aliphatic carbocycles. The third-order valence-electron chi connectivity index (χ3n) is 1.77. The first-order valence-corrected chi connectivity index (χ1v) is 5.07. The molecule has 4 nitrogen and oxygen atoms in total. The van der Waals surface area contributed by atoms with Gasteiger partial charge in [0, 0.05) is 6.54 Å². The SMILES string of the molecule is CCCC(O)CNC(=O)CNCC(F)(F)F. The van der Waals surface area contributed by atoms with Gasteiger partial charge in [-0.2, -0.15) is 13.2 Å². The Labute approximate surface area is 92.2 Å². The molecule has 0 saturated carbocycles. The summed E-state index contributed by atoms with van der Waals surface area (Å²) >= 11 is 0. The molecule has 0 bridgehead atoms. The van der Waals surface area contributed by atoms with Gasteiger partial charge in [-0.25, -0.2) is 0 Å². The van der Waals surface area contributed by atoms with Crippen molar-refractivity contribution in [2.45, 2.75) is 32.0 Å². The van der Waals surface area contributed by atoms with E-state index in [1.54, 1.807) is 0 Å². The van der Waals surface area contributed by atoms with E-state index in [9.17, 15) is 23.1 Å². The van der Waals surface area contributed by atoms with Gasteiger partial charge in [-0.05, 0) is 6.42 Å². The third kappa shape index (κ3) is 9.72. The second-order valence-corrected chi connectivity index (χ2v) is 3.47. The Morgan fingerprint density at radius 2 is 2.06 bits per heavy atom. The summed E-state index contributed by atoms with van der Waals surface area (Å²) in [5.41, 5.74) is 0. The van der Waals surface area contributed by atoms with Crippen LogP contribution < -0.4 is 10.6 Å². The Balaban J connectivity index is 3.52. The molecule has 0 aliphatic heterocycles. The molecular formula is C9H17F3N2O2. The van der Waals surface area contributed by atoms with Crippen molar-refractivity contribution in [2.75, 3.05) is 19.6 Å². The van der Waals surface area contributed by atoms with E-state index in [0.29, 0.717) is 6.42 Å². The van der Waals surface area contributed by atoms with Crippen molar-refractivity contribution < 1.29 is 23.1 Å². The van der Waals surface area contributed by atoms with Gasteiger partial charge in [-0.1, -0.05) is 13.3 Å². The molecule has 0 aromatic carbocycles. The zero-order chi connectivity index (χ0) is 12.6. The standard InChI is InChI=1S/C9H17F3N2O2/c1-2-3-7(15)4-14-8(16)5-13-6-9(10,11)12/h7,13,15H,2-6H2,1H3,(H,14,16). The maximum atomic E-state index is 11.7. The minimum absolute atomic E-state index is 0.0698. The zero-order valence-electron chi connectivity index (χ0n) is 9.10. The van der Waals surface area contributed by atoms with Crippen LogP contribution in [0.5, 0.6) is 0 Å². The predicted octanol–water partition coefficient (Wildman–Crippen LogP) is 0.415. The van der Waals surface area contributed by atoms with Gasteiger partial charge in [0.1, 0.15) is 0 Å². The molecule has 1 atom stereocenters. The van der Waals surface area contributed by atoms with Crippen LogP contribution in [0.3, 0.4) is 0 Å². The van der Waals surface area contributed by atoms with Crippen molar-refractivity contribution in [1.29, 1.82) is 0 Å². The molecule has 0 saturated heterocycles. The van der Waals surface area contributed by atoms with Crippen molar-refractivity contribution in [1.82, 2.24) is 10.6 Å². The summed E-state index contributed by atoms with van der Waals surface area (Å²) in [6.07, 6.45) is -3.63. The fraction of sp³-hybridized carbons (Fsp3) is 0.889. The first-order valence-electron chi connectivity index (χ1n) is 5.07. The number of hydrogen-bond donors (Lipinski definition) is 3. The molecule has 0 rings (SSSR count). The minimum atomic E-state index is -4.32. The minimum Gasteiger partial charge on any atom is -0.391 e. The van der Waals surface area contributed by atoms with Crippen molar-refractivity contribution in [3.05, 3.63) is 0 Å². The lowest BCUT2D eigenvalue weighted by atomic mass is 10.2. The highest BCUT2D eigenvalue weighted by molar-refractivity contribution is 5.77. The maximum absolute atomic E-state index is 11.7. The largest absolute Gasteiger partial charge is 0.401 e. The fourth-order valence-electron chi connectivity index (χ4n) is 1.05. The van der Waals surface area contributed by atoms with Crippen LogP contribution in [-0.4, -0.2) is 42.9 Å². The highest BCUT2D eigenvalue weighted by atomic mass is 19.4. The lowest BCUT2D eigenvalue weighted by Crippen LogP contribution is -2.40. The number of aliphatic hydroxyl groups excluding tert-OH is 1. The van der Waals surface area contributed by atoms with E-state index in [1.165, 1.54) is 0 Å². The number of hydrogen-bond acceptors (Lipinski definition) is 3. The number of carbonyl (C=O) groups is 1. The average Bonchev–Trinajstić information content (AvgIpc) is 2.13. The Hall–Kier alpha value is -0.820. The monoisotopic (exact) mass is 242 g/mol. The van der Waals surface area contributed by atoms with Gasteiger partial charge in [0.15, 0.2) is 0 Å². The lowest BCUT2D eigenvalue weighted by molar-refractivity contribution is -0.128. The lowest BCUT2D eigenvalue weighted by Gasteiger charge is -2.11. The van der Waals surface area contributed by atoms with E-state index in [2.05, 4.69) is 5.32 Å². The van der Waals surface area contributed by atoms with Crippen molar-refractivity contribution in [2.24, 2.45) is 0 Å². The van der Waals surface area contributed by atoms with E-state index < -0.39 is 31.3 Å². The molecule has 0 aromatic rings. The first-order chi connectivity index (χ1) is 7.35. The van der Waals surface area contributed by atoms with Crippen LogP contribution in [0.4, 0.5) is 13.2 Å². The number of halogens is 3. The molecule has 0 heterocycles. The molecule has 0 fully saturated rings. The molecule has 0 spiro atoms. The first kappa shape index (κ1) is 15.2. The molecule has 16 heavy (non-hydrogen) atoms. The van der Waals surface area contributed by atoms with Gasteiger partial charge in [0.05, 0.1) is 19.2 Å². The van der Waals surface area contributed by atoms with Crippen LogP contribution in [-0.2, 0) is 4.79 Å². The Kier molecular flexibility index (Phi) is 7.07. The van der Waals surface area contributed by atoms with E-state index in [4.69, 9.17) is 0 Å². The normalized spacial score (nSPS) is 13.6. The molecule has 96 valence electrons. The molecule has 0 aromatic heterocycles. The molecule has 0 aliphatic rings. The van der Waals surface area contributed by atoms with Gasteiger partial charge in [-0.15, -0.1) is 0 Å². The number of alkyl halides is 3. The summed E-state index contributed by atoms with van der Waals surface area (Å²) in [6, 6.07) is 0. The number of nitrogens with one attached hydrogen (secondary N) is 2. The van der Waals surface area contributed by atoms with Crippen LogP contribution in [0, 0.1) is 0 Å². The third-order valence-corrected chi connectivity index (χ3v) is 1.77. The van der Waals surface area contributed by atoms with Crippen molar-refractivity contribution in [3.63, 3.8) is 0 Å². The molecule has 7 heteroatoms. The van der Waals surface area contributed by atoms with Crippen LogP contribution in [0.2, 0.25) is 0 Å². The summed E-state index contributed by atoms with van der Waals surface area (Å²) < 4.78 is 35.1. The number of amides is 1. The fourth-order valence-corrected chi connectivity index (χ4v) is 1.05. The number of carbonyl (C=O) groups excluding carboxylic acids is 1. The Bertz CT molecular complexity index is 209. The summed E-state index contributed by atoms with van der Waals surface area (Å²) in [5.74, 6) is -0.556. The van der Waals surface area contributed by atoms with Gasteiger partial charge < -0.3 is 15.7 Å². The van der Waals surface area contributed by atoms with Crippen LogP contribution in [0.15, 0.2) is 0 Å². The molecule has 3 N–H and O–H groups in total. The second kappa shape index (κ2) is 7.45. The van der Waals surface area contributed by atoms with Crippen molar-refractivity contribution >= 4 is 5.91 Å². The average molecular weight is 242 g/mol. The van der Waals surface area contributed by atoms with E-state index in [1.807, 2.05) is 12.2 Å².